The zero-order chi connectivity index (χ0) is 17.4. The maximum absolute atomic E-state index is 13.2. The molecule has 0 fully saturated rings. The molecule has 1 aromatic carbocycles. The van der Waals surface area contributed by atoms with E-state index in [4.69, 9.17) is 0 Å². The number of aromatic amines is 1. The van der Waals surface area contributed by atoms with Crippen LogP contribution in [0.15, 0.2) is 35.1 Å². The van der Waals surface area contributed by atoms with Crippen LogP contribution in [0.1, 0.15) is 21.7 Å². The van der Waals surface area contributed by atoms with Gasteiger partial charge in [0.05, 0.1) is 17.8 Å². The van der Waals surface area contributed by atoms with E-state index in [1.807, 2.05) is 4.68 Å². The van der Waals surface area contributed by atoms with E-state index in [0.29, 0.717) is 28.7 Å². The standard InChI is InChI=1S/C17H16FN5O2/c18-12-2-1-10-5-11(16(24)21-14(10)6-12)8-20-17(25)15-7-13-9-19-3-4-23(13)22-15/h1-2,5-7,19H,3-4,8-9H2,(H,20,25)(H,21,24). The van der Waals surface area contributed by atoms with Crippen LogP contribution < -0.4 is 16.2 Å². The molecule has 1 amide bonds. The lowest BCUT2D eigenvalue weighted by Crippen LogP contribution is -2.28. The SMILES string of the molecule is O=C(NCc1cc2ccc(F)cc2[nH]c1=O)c1cc2n(n1)CCNC2. The minimum atomic E-state index is -0.414. The third-order valence-electron chi connectivity index (χ3n) is 4.23. The fourth-order valence-electron chi connectivity index (χ4n) is 2.92. The molecule has 4 rings (SSSR count). The average molecular weight is 341 g/mol. The number of hydrogen-bond acceptors (Lipinski definition) is 4. The molecule has 3 N–H and O–H groups in total. The Balaban J connectivity index is 1.52. The van der Waals surface area contributed by atoms with Crippen molar-refractivity contribution >= 4 is 16.8 Å². The van der Waals surface area contributed by atoms with Gasteiger partial charge in [0.2, 0.25) is 0 Å². The Hall–Kier alpha value is -3.00. The summed E-state index contributed by atoms with van der Waals surface area (Å²) in [5, 5.41) is 10.9. The van der Waals surface area contributed by atoms with Crippen molar-refractivity contribution in [2.24, 2.45) is 0 Å². The number of nitrogens with zero attached hydrogens (tertiary/aromatic N) is 2. The molecule has 0 saturated heterocycles. The van der Waals surface area contributed by atoms with Crippen LogP contribution in [0.4, 0.5) is 4.39 Å². The number of carbonyl (C=O) groups excluding carboxylic acids is 1. The third-order valence-corrected chi connectivity index (χ3v) is 4.23. The normalized spacial score (nSPS) is 13.6. The molecule has 128 valence electrons. The van der Waals surface area contributed by atoms with Gasteiger partial charge in [-0.25, -0.2) is 4.39 Å². The van der Waals surface area contributed by atoms with Gasteiger partial charge in [-0.15, -0.1) is 0 Å². The van der Waals surface area contributed by atoms with Crippen molar-refractivity contribution < 1.29 is 9.18 Å². The van der Waals surface area contributed by atoms with Crippen LogP contribution in [-0.4, -0.2) is 27.2 Å². The van der Waals surface area contributed by atoms with Gasteiger partial charge in [0, 0.05) is 25.2 Å². The highest BCUT2D eigenvalue weighted by Gasteiger charge is 2.16. The molecule has 8 heteroatoms. The maximum atomic E-state index is 13.2. The molecule has 0 bridgehead atoms. The number of H-pyrrole nitrogens is 1. The molecule has 3 aromatic rings. The zero-order valence-corrected chi connectivity index (χ0v) is 13.3. The van der Waals surface area contributed by atoms with Crippen molar-refractivity contribution in [3.8, 4) is 0 Å². The lowest BCUT2D eigenvalue weighted by molar-refractivity contribution is 0.0945. The van der Waals surface area contributed by atoms with Gasteiger partial charge in [0.25, 0.3) is 11.5 Å². The Kier molecular flexibility index (Phi) is 3.81. The van der Waals surface area contributed by atoms with Gasteiger partial charge >= 0.3 is 0 Å². The summed E-state index contributed by atoms with van der Waals surface area (Å²) in [6.07, 6.45) is 0. The van der Waals surface area contributed by atoms with Crippen molar-refractivity contribution in [1.82, 2.24) is 25.4 Å². The van der Waals surface area contributed by atoms with Gasteiger partial charge < -0.3 is 15.6 Å². The number of halogens is 1. The smallest absolute Gasteiger partial charge is 0.272 e. The molecule has 0 radical (unpaired) electrons. The summed E-state index contributed by atoms with van der Waals surface area (Å²) < 4.78 is 15.0. The lowest BCUT2D eigenvalue weighted by Gasteiger charge is -2.13. The summed E-state index contributed by atoms with van der Waals surface area (Å²) in [7, 11) is 0. The number of rotatable bonds is 3. The van der Waals surface area contributed by atoms with Crippen LogP contribution in [-0.2, 0) is 19.6 Å². The van der Waals surface area contributed by atoms with Crippen LogP contribution >= 0.6 is 0 Å². The fraction of sp³-hybridized carbons (Fsp3) is 0.235. The first kappa shape index (κ1) is 15.5. The van der Waals surface area contributed by atoms with Gasteiger partial charge in [0.15, 0.2) is 5.69 Å². The minimum absolute atomic E-state index is 0.0714. The number of benzene rings is 1. The Morgan fingerprint density at radius 1 is 1.32 bits per heavy atom. The molecular formula is C17H16FN5O2. The van der Waals surface area contributed by atoms with Crippen LogP contribution in [0.5, 0.6) is 0 Å². The number of nitrogens with one attached hydrogen (secondary N) is 3. The van der Waals surface area contributed by atoms with Gasteiger partial charge in [-0.2, -0.15) is 5.10 Å². The summed E-state index contributed by atoms with van der Waals surface area (Å²) in [5.74, 6) is -0.747. The molecule has 1 aliphatic rings. The van der Waals surface area contributed by atoms with Crippen LogP contribution in [0.2, 0.25) is 0 Å². The van der Waals surface area contributed by atoms with Crippen LogP contribution in [0, 0.1) is 5.82 Å². The largest absolute Gasteiger partial charge is 0.346 e. The van der Waals surface area contributed by atoms with Crippen molar-refractivity contribution in [3.05, 3.63) is 63.5 Å². The van der Waals surface area contributed by atoms with E-state index >= 15 is 0 Å². The topological polar surface area (TPSA) is 91.8 Å². The first-order valence-corrected chi connectivity index (χ1v) is 7.97. The molecular weight excluding hydrogens is 325 g/mol. The molecule has 0 aliphatic carbocycles. The molecule has 3 heterocycles. The van der Waals surface area contributed by atoms with E-state index in [-0.39, 0.29) is 18.0 Å². The highest BCUT2D eigenvalue weighted by molar-refractivity contribution is 5.92. The summed E-state index contributed by atoms with van der Waals surface area (Å²) in [5.41, 5.74) is 1.76. The van der Waals surface area contributed by atoms with Gasteiger partial charge in [-0.05, 0) is 35.7 Å². The fourth-order valence-corrected chi connectivity index (χ4v) is 2.92. The van der Waals surface area contributed by atoms with Gasteiger partial charge in [0.1, 0.15) is 5.82 Å². The Bertz CT molecular complexity index is 1000. The monoisotopic (exact) mass is 341 g/mol. The van der Waals surface area contributed by atoms with E-state index in [0.717, 1.165) is 18.8 Å². The van der Waals surface area contributed by atoms with E-state index < -0.39 is 5.82 Å². The quantitative estimate of drug-likeness (QED) is 0.660. The Morgan fingerprint density at radius 3 is 3.04 bits per heavy atom. The highest BCUT2D eigenvalue weighted by Crippen LogP contribution is 2.13. The van der Waals surface area contributed by atoms with Crippen LogP contribution in [0.25, 0.3) is 10.9 Å². The summed E-state index contributed by atoms with van der Waals surface area (Å²) in [4.78, 5) is 27.0. The second-order valence-electron chi connectivity index (χ2n) is 5.96. The molecule has 1 aliphatic heterocycles. The average Bonchev–Trinajstić information content (AvgIpc) is 3.04. The summed E-state index contributed by atoms with van der Waals surface area (Å²) in [6.45, 7) is 2.30. The number of carbonyl (C=O) groups is 1. The van der Waals surface area contributed by atoms with Gasteiger partial charge in [-0.1, -0.05) is 0 Å². The number of amides is 1. The second-order valence-corrected chi connectivity index (χ2v) is 5.96. The molecule has 0 saturated carbocycles. The predicted molar refractivity (Wildman–Crippen MR) is 89.6 cm³/mol. The van der Waals surface area contributed by atoms with E-state index in [2.05, 4.69) is 20.7 Å². The van der Waals surface area contributed by atoms with E-state index in [1.54, 1.807) is 18.2 Å². The molecule has 7 nitrogen and oxygen atoms in total. The summed E-state index contributed by atoms with van der Waals surface area (Å²) >= 11 is 0. The Labute approximate surface area is 141 Å². The zero-order valence-electron chi connectivity index (χ0n) is 13.3. The number of aromatic nitrogens is 3. The molecule has 25 heavy (non-hydrogen) atoms. The van der Waals surface area contributed by atoms with Crippen molar-refractivity contribution in [2.75, 3.05) is 6.54 Å². The third kappa shape index (κ3) is 3.03. The maximum Gasteiger partial charge on any atom is 0.272 e. The number of pyridine rings is 1. The van der Waals surface area contributed by atoms with Crippen molar-refractivity contribution in [3.63, 3.8) is 0 Å². The van der Waals surface area contributed by atoms with E-state index in [9.17, 15) is 14.0 Å². The van der Waals surface area contributed by atoms with E-state index in [1.165, 1.54) is 12.1 Å². The molecule has 0 atom stereocenters. The number of hydrogen-bond donors (Lipinski definition) is 3. The second kappa shape index (κ2) is 6.14. The first-order chi connectivity index (χ1) is 12.1. The van der Waals surface area contributed by atoms with Crippen molar-refractivity contribution in [2.45, 2.75) is 19.6 Å². The van der Waals surface area contributed by atoms with Gasteiger partial charge in [-0.3, -0.25) is 14.3 Å². The number of fused-ring (bicyclic) bond motifs is 2. The predicted octanol–water partition coefficient (Wildman–Crippen LogP) is 0.897. The highest BCUT2D eigenvalue weighted by atomic mass is 19.1. The molecule has 0 spiro atoms. The van der Waals surface area contributed by atoms with Crippen molar-refractivity contribution in [1.29, 1.82) is 0 Å². The summed E-state index contributed by atoms with van der Waals surface area (Å²) in [6, 6.07) is 7.57. The minimum Gasteiger partial charge on any atom is -0.346 e. The van der Waals surface area contributed by atoms with Crippen LogP contribution in [0.3, 0.4) is 0 Å². The first-order valence-electron chi connectivity index (χ1n) is 7.97. The Morgan fingerprint density at radius 2 is 2.20 bits per heavy atom. The molecule has 2 aromatic heterocycles. The lowest BCUT2D eigenvalue weighted by atomic mass is 10.1. The molecule has 0 unspecified atom stereocenters.